The van der Waals surface area contributed by atoms with Crippen molar-refractivity contribution in [1.29, 1.82) is 0 Å². The van der Waals surface area contributed by atoms with Crippen LogP contribution in [0.3, 0.4) is 0 Å². The third-order valence-electron chi connectivity index (χ3n) is 4.59. The maximum absolute atomic E-state index is 13.4. The van der Waals surface area contributed by atoms with Gasteiger partial charge in [0.05, 0.1) is 10.5 Å². The number of hydrogen-bond acceptors (Lipinski definition) is 3. The zero-order chi connectivity index (χ0) is 19.1. The van der Waals surface area contributed by atoms with Crippen molar-refractivity contribution in [2.45, 2.75) is 18.7 Å². The summed E-state index contributed by atoms with van der Waals surface area (Å²) in [7, 11) is 0. The molecule has 4 rings (SSSR count). The van der Waals surface area contributed by atoms with Crippen LogP contribution in [-0.2, 0) is 11.1 Å². The summed E-state index contributed by atoms with van der Waals surface area (Å²) >= 11 is -2.04. The summed E-state index contributed by atoms with van der Waals surface area (Å²) in [6.07, 6.45) is 1.79. The van der Waals surface area contributed by atoms with Gasteiger partial charge in [-0.2, -0.15) is 5.10 Å². The van der Waals surface area contributed by atoms with Gasteiger partial charge in [0.1, 0.15) is 11.5 Å². The maximum atomic E-state index is 13.4. The zero-order valence-electron chi connectivity index (χ0n) is 14.7. The van der Waals surface area contributed by atoms with E-state index in [9.17, 15) is 13.2 Å². The lowest BCUT2D eigenvalue weighted by molar-refractivity contribution is 0.564. The summed E-state index contributed by atoms with van der Waals surface area (Å²) in [5.74, 6) is -0.313. The van der Waals surface area contributed by atoms with Gasteiger partial charge in [-0.05, 0) is 49.2 Å². The van der Waals surface area contributed by atoms with Crippen LogP contribution in [0.25, 0.3) is 28.0 Å². The number of rotatable bonds is 3. The minimum atomic E-state index is -2.04. The molecule has 5 nitrogen and oxygen atoms in total. The molecule has 27 heavy (non-hydrogen) atoms. The molecule has 2 aromatic heterocycles. The van der Waals surface area contributed by atoms with Gasteiger partial charge < -0.3 is 4.55 Å². The monoisotopic (exact) mass is 381 g/mol. The van der Waals surface area contributed by atoms with E-state index in [-0.39, 0.29) is 5.82 Å². The lowest BCUT2D eigenvalue weighted by Crippen LogP contribution is -1.98. The Balaban J connectivity index is 2.01. The van der Waals surface area contributed by atoms with E-state index in [4.69, 9.17) is 5.10 Å². The Bertz CT molecular complexity index is 1170. The molecule has 2 aromatic carbocycles. The third-order valence-corrected chi connectivity index (χ3v) is 5.27. The molecule has 7 heteroatoms. The number of fused-ring (bicyclic) bond motifs is 1. The molecule has 0 aliphatic heterocycles. The van der Waals surface area contributed by atoms with Crippen LogP contribution in [0.5, 0.6) is 0 Å². The largest absolute Gasteiger partial charge is 0.302 e. The Labute approximate surface area is 157 Å². The highest BCUT2D eigenvalue weighted by Crippen LogP contribution is 2.35. The van der Waals surface area contributed by atoms with Crippen LogP contribution in [0.15, 0.2) is 59.6 Å². The third kappa shape index (κ3) is 3.05. The molecule has 4 aromatic rings. The second-order valence-corrected chi connectivity index (χ2v) is 7.24. The van der Waals surface area contributed by atoms with Crippen molar-refractivity contribution in [3.05, 3.63) is 71.8 Å². The number of aryl methyl sites for hydroxylation is 2. The predicted molar refractivity (Wildman–Crippen MR) is 102 cm³/mol. The molecule has 2 heterocycles. The summed E-state index contributed by atoms with van der Waals surface area (Å²) in [5.41, 5.74) is 5.69. The van der Waals surface area contributed by atoms with Crippen molar-refractivity contribution >= 4 is 16.7 Å². The second-order valence-electron chi connectivity index (χ2n) is 6.27. The molecule has 1 unspecified atom stereocenters. The SMILES string of the molecule is Cc1cnc2c(-c3ccc(F)cc3)c(-c3ccc(S(=O)O)cc3)nn2c1C. The van der Waals surface area contributed by atoms with E-state index < -0.39 is 11.1 Å². The van der Waals surface area contributed by atoms with E-state index in [1.807, 2.05) is 13.8 Å². The fourth-order valence-electron chi connectivity index (χ4n) is 2.99. The van der Waals surface area contributed by atoms with Crippen LogP contribution in [0.2, 0.25) is 0 Å². The summed E-state index contributed by atoms with van der Waals surface area (Å²) in [4.78, 5) is 4.87. The smallest absolute Gasteiger partial charge is 0.186 e. The Hall–Kier alpha value is -2.90. The van der Waals surface area contributed by atoms with E-state index >= 15 is 0 Å². The summed E-state index contributed by atoms with van der Waals surface area (Å²) in [6.45, 7) is 3.93. The summed E-state index contributed by atoms with van der Waals surface area (Å²) < 4.78 is 35.7. The molecule has 0 amide bonds. The Morgan fingerprint density at radius 2 is 1.63 bits per heavy atom. The van der Waals surface area contributed by atoms with Crippen LogP contribution in [0, 0.1) is 19.7 Å². The normalized spacial score (nSPS) is 12.4. The highest BCUT2D eigenvalue weighted by atomic mass is 32.2. The minimum Gasteiger partial charge on any atom is -0.302 e. The fourth-order valence-corrected chi connectivity index (χ4v) is 3.36. The van der Waals surface area contributed by atoms with Gasteiger partial charge in [-0.1, -0.05) is 24.3 Å². The van der Waals surface area contributed by atoms with Gasteiger partial charge in [-0.3, -0.25) is 0 Å². The molecule has 1 N–H and O–H groups in total. The number of nitrogens with zero attached hydrogens (tertiary/aromatic N) is 3. The van der Waals surface area contributed by atoms with Gasteiger partial charge in [0, 0.05) is 17.5 Å². The van der Waals surface area contributed by atoms with Crippen LogP contribution < -0.4 is 0 Å². The minimum absolute atomic E-state index is 0.313. The van der Waals surface area contributed by atoms with Gasteiger partial charge in [-0.15, -0.1) is 0 Å². The van der Waals surface area contributed by atoms with Crippen molar-refractivity contribution in [2.75, 3.05) is 0 Å². The van der Waals surface area contributed by atoms with E-state index in [1.54, 1.807) is 47.1 Å². The van der Waals surface area contributed by atoms with E-state index in [0.717, 1.165) is 27.9 Å². The first-order chi connectivity index (χ1) is 13.0. The van der Waals surface area contributed by atoms with Crippen molar-refractivity contribution in [3.63, 3.8) is 0 Å². The Morgan fingerprint density at radius 1 is 1.00 bits per heavy atom. The zero-order valence-corrected chi connectivity index (χ0v) is 15.5. The number of halogens is 1. The number of hydrogen-bond donors (Lipinski definition) is 1. The van der Waals surface area contributed by atoms with Crippen LogP contribution in [0.1, 0.15) is 11.3 Å². The first-order valence-electron chi connectivity index (χ1n) is 8.28. The first kappa shape index (κ1) is 17.5. The first-order valence-corrected chi connectivity index (χ1v) is 9.38. The maximum Gasteiger partial charge on any atom is 0.186 e. The summed E-state index contributed by atoms with van der Waals surface area (Å²) in [6, 6.07) is 12.9. The van der Waals surface area contributed by atoms with E-state index in [0.29, 0.717) is 16.2 Å². The van der Waals surface area contributed by atoms with Crippen LogP contribution in [0.4, 0.5) is 4.39 Å². The molecule has 0 saturated heterocycles. The van der Waals surface area contributed by atoms with Gasteiger partial charge >= 0.3 is 0 Å². The topological polar surface area (TPSA) is 67.5 Å². The quantitative estimate of drug-likeness (QED) is 0.534. The summed E-state index contributed by atoms with van der Waals surface area (Å²) in [5, 5.41) is 4.74. The molecule has 0 radical (unpaired) electrons. The van der Waals surface area contributed by atoms with Crippen LogP contribution in [-0.4, -0.2) is 23.4 Å². The van der Waals surface area contributed by atoms with Crippen molar-refractivity contribution in [3.8, 4) is 22.4 Å². The van der Waals surface area contributed by atoms with Crippen molar-refractivity contribution < 1.29 is 13.2 Å². The Morgan fingerprint density at radius 3 is 2.26 bits per heavy atom. The molecule has 0 fully saturated rings. The van der Waals surface area contributed by atoms with E-state index in [1.165, 1.54) is 12.1 Å². The van der Waals surface area contributed by atoms with Crippen LogP contribution >= 0.6 is 0 Å². The molecule has 136 valence electrons. The molecular weight excluding hydrogens is 365 g/mol. The van der Waals surface area contributed by atoms with Gasteiger partial charge in [0.25, 0.3) is 0 Å². The van der Waals surface area contributed by atoms with Crippen molar-refractivity contribution in [2.24, 2.45) is 0 Å². The number of benzene rings is 2. The highest BCUT2D eigenvalue weighted by molar-refractivity contribution is 7.79. The Kier molecular flexibility index (Phi) is 4.33. The predicted octanol–water partition coefficient (Wildman–Crippen LogP) is 4.40. The molecule has 0 bridgehead atoms. The van der Waals surface area contributed by atoms with E-state index in [2.05, 4.69) is 4.98 Å². The molecule has 0 aliphatic rings. The second kappa shape index (κ2) is 6.68. The lowest BCUT2D eigenvalue weighted by Gasteiger charge is -2.05. The number of aromatic nitrogens is 3. The molecule has 0 spiro atoms. The van der Waals surface area contributed by atoms with Gasteiger partial charge in [0.2, 0.25) is 0 Å². The van der Waals surface area contributed by atoms with Gasteiger partial charge in [-0.25, -0.2) is 18.1 Å². The van der Waals surface area contributed by atoms with Crippen molar-refractivity contribution in [1.82, 2.24) is 14.6 Å². The average Bonchev–Trinajstić information content (AvgIpc) is 3.06. The molecule has 0 saturated carbocycles. The highest BCUT2D eigenvalue weighted by Gasteiger charge is 2.19. The van der Waals surface area contributed by atoms with Gasteiger partial charge in [0.15, 0.2) is 16.7 Å². The standard InChI is InChI=1S/C20H16FN3O2S/c1-12-11-22-20-18(14-3-7-16(21)8-4-14)19(23-24(20)13(12)2)15-5-9-17(10-6-15)27(25)26/h3-11H,1-2H3,(H,25,26). The molecule has 1 atom stereocenters. The lowest BCUT2D eigenvalue weighted by atomic mass is 10.0. The molecule has 0 aliphatic carbocycles. The fraction of sp³-hybridized carbons (Fsp3) is 0.100. The average molecular weight is 381 g/mol. The molecular formula is C20H16FN3O2S.